The minimum atomic E-state index is -0.897. The van der Waals surface area contributed by atoms with Gasteiger partial charge in [-0.25, -0.2) is 0 Å². The molecule has 0 radical (unpaired) electrons. The number of carboxylic acid groups (broad SMARTS) is 2. The zero-order chi connectivity index (χ0) is 13.3. The van der Waals surface area contributed by atoms with Crippen LogP contribution in [0.15, 0.2) is 0 Å². The molecule has 0 spiro atoms. The lowest BCUT2D eigenvalue weighted by Crippen LogP contribution is -2.40. The Bertz CT molecular complexity index is 243. The highest BCUT2D eigenvalue weighted by Gasteiger charge is 2.20. The van der Waals surface area contributed by atoms with Gasteiger partial charge in [-0.2, -0.15) is 0 Å². The third kappa shape index (κ3) is 7.74. The van der Waals surface area contributed by atoms with E-state index in [2.05, 4.69) is 6.92 Å². The first-order valence-electron chi connectivity index (χ1n) is 6.17. The van der Waals surface area contributed by atoms with E-state index in [0.717, 1.165) is 25.7 Å². The van der Waals surface area contributed by atoms with Gasteiger partial charge in [0.05, 0.1) is 6.42 Å². The van der Waals surface area contributed by atoms with Gasteiger partial charge in [-0.15, -0.1) is 0 Å². The Labute approximate surface area is 102 Å². The van der Waals surface area contributed by atoms with Crippen LogP contribution < -0.4 is 0 Å². The third-order valence-corrected chi connectivity index (χ3v) is 2.82. The van der Waals surface area contributed by atoms with Gasteiger partial charge in [-0.05, 0) is 19.9 Å². The van der Waals surface area contributed by atoms with Gasteiger partial charge in [-0.1, -0.05) is 26.2 Å². The van der Waals surface area contributed by atoms with E-state index in [4.69, 9.17) is 10.2 Å². The molecule has 0 aliphatic heterocycles. The first-order valence-corrected chi connectivity index (χ1v) is 6.17. The molecule has 0 aliphatic rings. The summed E-state index contributed by atoms with van der Waals surface area (Å²) >= 11 is 0. The molecular formula is C12H23NO4. The largest absolute Gasteiger partial charge is 0.481 e. The molecule has 0 aromatic rings. The van der Waals surface area contributed by atoms with Crippen molar-refractivity contribution in [1.29, 1.82) is 0 Å². The zero-order valence-electron chi connectivity index (χ0n) is 10.7. The molecule has 100 valence electrons. The Morgan fingerprint density at radius 2 is 1.76 bits per heavy atom. The second-order valence-electron chi connectivity index (χ2n) is 4.25. The molecule has 5 heteroatoms. The predicted molar refractivity (Wildman–Crippen MR) is 65.1 cm³/mol. The molecule has 0 saturated carbocycles. The van der Waals surface area contributed by atoms with Gasteiger partial charge in [0, 0.05) is 6.54 Å². The lowest BCUT2D eigenvalue weighted by atomic mass is 10.1. The summed E-state index contributed by atoms with van der Waals surface area (Å²) in [5.41, 5.74) is 0. The van der Waals surface area contributed by atoms with Crippen LogP contribution in [-0.2, 0) is 9.59 Å². The highest BCUT2D eigenvalue weighted by atomic mass is 16.4. The normalized spacial score (nSPS) is 12.6. The highest BCUT2D eigenvalue weighted by Crippen LogP contribution is 2.06. The second kappa shape index (κ2) is 8.98. The number of hydrogen-bond donors (Lipinski definition) is 2. The molecule has 0 fully saturated rings. The number of rotatable bonds is 10. The van der Waals surface area contributed by atoms with E-state index in [9.17, 15) is 9.59 Å². The van der Waals surface area contributed by atoms with Crippen molar-refractivity contribution in [1.82, 2.24) is 4.90 Å². The summed E-state index contributed by atoms with van der Waals surface area (Å²) in [7, 11) is 0. The van der Waals surface area contributed by atoms with Crippen molar-refractivity contribution in [3.8, 4) is 0 Å². The minimum Gasteiger partial charge on any atom is -0.481 e. The molecule has 0 amide bonds. The summed E-state index contributed by atoms with van der Waals surface area (Å²) < 4.78 is 0. The lowest BCUT2D eigenvalue weighted by molar-refractivity contribution is -0.144. The van der Waals surface area contributed by atoms with Crippen molar-refractivity contribution in [3.63, 3.8) is 0 Å². The molecule has 5 nitrogen and oxygen atoms in total. The summed E-state index contributed by atoms with van der Waals surface area (Å²) in [6.07, 6.45) is 4.24. The van der Waals surface area contributed by atoms with Crippen LogP contribution in [0.25, 0.3) is 0 Å². The van der Waals surface area contributed by atoms with E-state index in [1.165, 1.54) is 0 Å². The maximum absolute atomic E-state index is 10.9. The van der Waals surface area contributed by atoms with Gasteiger partial charge < -0.3 is 10.2 Å². The molecule has 0 aromatic carbocycles. The lowest BCUT2D eigenvalue weighted by Gasteiger charge is -2.25. The summed E-state index contributed by atoms with van der Waals surface area (Å²) in [6.45, 7) is 4.67. The third-order valence-electron chi connectivity index (χ3n) is 2.82. The van der Waals surface area contributed by atoms with Crippen molar-refractivity contribution in [3.05, 3.63) is 0 Å². The fourth-order valence-corrected chi connectivity index (χ4v) is 1.64. The number of nitrogens with zero attached hydrogens (tertiary/aromatic N) is 1. The van der Waals surface area contributed by atoms with Crippen LogP contribution in [0.2, 0.25) is 0 Å². The van der Waals surface area contributed by atoms with Gasteiger partial charge >= 0.3 is 11.9 Å². The number of hydrogen-bond acceptors (Lipinski definition) is 3. The summed E-state index contributed by atoms with van der Waals surface area (Å²) in [5.74, 6) is -1.79. The van der Waals surface area contributed by atoms with Gasteiger partial charge in [0.1, 0.15) is 6.04 Å². The average Bonchev–Trinajstić information content (AvgIpc) is 2.26. The van der Waals surface area contributed by atoms with Crippen molar-refractivity contribution >= 4 is 11.9 Å². The predicted octanol–water partition coefficient (Wildman–Crippen LogP) is 1.82. The standard InChI is InChI=1S/C12H23NO4/c1-3-4-5-6-8-13(9-7-11(14)15)10(2)12(16)17/h10H,3-9H2,1-2H3,(H,14,15)(H,16,17). The highest BCUT2D eigenvalue weighted by molar-refractivity contribution is 5.73. The number of carbonyl (C=O) groups is 2. The zero-order valence-corrected chi connectivity index (χ0v) is 10.7. The van der Waals surface area contributed by atoms with E-state index in [1.807, 2.05) is 0 Å². The van der Waals surface area contributed by atoms with Crippen LogP contribution in [0.3, 0.4) is 0 Å². The summed E-state index contributed by atoms with van der Waals surface area (Å²) in [5, 5.41) is 17.5. The molecule has 0 aromatic heterocycles. The molecule has 1 unspecified atom stereocenters. The minimum absolute atomic E-state index is 0.00853. The summed E-state index contributed by atoms with van der Waals surface area (Å²) in [6, 6.07) is -0.615. The monoisotopic (exact) mass is 245 g/mol. The van der Waals surface area contributed by atoms with Crippen molar-refractivity contribution < 1.29 is 19.8 Å². The topological polar surface area (TPSA) is 77.8 Å². The Morgan fingerprint density at radius 3 is 2.24 bits per heavy atom. The fourth-order valence-electron chi connectivity index (χ4n) is 1.64. The van der Waals surface area contributed by atoms with Crippen LogP contribution >= 0.6 is 0 Å². The SMILES string of the molecule is CCCCCCN(CCC(=O)O)C(C)C(=O)O. The van der Waals surface area contributed by atoms with Crippen LogP contribution in [0.4, 0.5) is 0 Å². The first kappa shape index (κ1) is 15.9. The quantitative estimate of drug-likeness (QED) is 0.574. The van der Waals surface area contributed by atoms with E-state index < -0.39 is 18.0 Å². The van der Waals surface area contributed by atoms with Crippen molar-refractivity contribution in [2.24, 2.45) is 0 Å². The summed E-state index contributed by atoms with van der Waals surface area (Å²) in [4.78, 5) is 23.1. The maximum Gasteiger partial charge on any atom is 0.320 e. The first-order chi connectivity index (χ1) is 7.99. The molecule has 17 heavy (non-hydrogen) atoms. The Hall–Kier alpha value is -1.10. The maximum atomic E-state index is 10.9. The van der Waals surface area contributed by atoms with E-state index in [0.29, 0.717) is 13.1 Å². The van der Waals surface area contributed by atoms with Gasteiger partial charge in [0.25, 0.3) is 0 Å². The smallest absolute Gasteiger partial charge is 0.320 e. The van der Waals surface area contributed by atoms with Crippen molar-refractivity contribution in [2.75, 3.05) is 13.1 Å². The van der Waals surface area contributed by atoms with Gasteiger partial charge in [0.2, 0.25) is 0 Å². The van der Waals surface area contributed by atoms with Gasteiger partial charge in [0.15, 0.2) is 0 Å². The Kier molecular flexibility index (Phi) is 8.40. The Balaban J connectivity index is 4.10. The van der Waals surface area contributed by atoms with Crippen LogP contribution in [0.5, 0.6) is 0 Å². The number of unbranched alkanes of at least 4 members (excludes halogenated alkanes) is 3. The number of carboxylic acids is 2. The van der Waals surface area contributed by atoms with E-state index in [-0.39, 0.29) is 6.42 Å². The van der Waals surface area contributed by atoms with Crippen molar-refractivity contribution in [2.45, 2.75) is 52.0 Å². The van der Waals surface area contributed by atoms with E-state index >= 15 is 0 Å². The molecule has 1 atom stereocenters. The number of aliphatic carboxylic acids is 2. The average molecular weight is 245 g/mol. The molecule has 0 saturated heterocycles. The molecule has 0 heterocycles. The molecule has 0 aliphatic carbocycles. The molecule has 0 bridgehead atoms. The second-order valence-corrected chi connectivity index (χ2v) is 4.25. The molecule has 2 N–H and O–H groups in total. The molecular weight excluding hydrogens is 222 g/mol. The van der Waals surface area contributed by atoms with Crippen LogP contribution in [-0.4, -0.2) is 46.2 Å². The fraction of sp³-hybridized carbons (Fsp3) is 0.833. The van der Waals surface area contributed by atoms with Crippen LogP contribution in [0.1, 0.15) is 46.0 Å². The molecule has 0 rings (SSSR count). The Morgan fingerprint density at radius 1 is 1.12 bits per heavy atom. The van der Waals surface area contributed by atoms with E-state index in [1.54, 1.807) is 11.8 Å². The van der Waals surface area contributed by atoms with Crippen LogP contribution in [0, 0.1) is 0 Å². The van der Waals surface area contributed by atoms with Gasteiger partial charge in [-0.3, -0.25) is 14.5 Å².